The monoisotopic (exact) mass is 320 g/mol. The Hall–Kier alpha value is -2.15. The fourth-order valence-corrected chi connectivity index (χ4v) is 2.79. The highest BCUT2D eigenvalue weighted by Crippen LogP contribution is 2.20. The molecular formula is C15H20N4O2S. The molecule has 22 heavy (non-hydrogen) atoms. The Balaban J connectivity index is 1.97. The van der Waals surface area contributed by atoms with E-state index in [1.54, 1.807) is 13.3 Å². The van der Waals surface area contributed by atoms with Gasteiger partial charge in [0.2, 0.25) is 5.88 Å². The van der Waals surface area contributed by atoms with Gasteiger partial charge in [0.05, 0.1) is 19.7 Å². The van der Waals surface area contributed by atoms with Gasteiger partial charge in [0, 0.05) is 22.8 Å². The van der Waals surface area contributed by atoms with Crippen LogP contribution in [0, 0.1) is 13.8 Å². The average molecular weight is 320 g/mol. The molecule has 0 fully saturated rings. The van der Waals surface area contributed by atoms with Gasteiger partial charge in [-0.05, 0) is 32.4 Å². The molecule has 1 atom stereocenters. The molecule has 118 valence electrons. The predicted octanol–water partition coefficient (Wildman–Crippen LogP) is 2.72. The number of nitrogens with one attached hydrogen (secondary N) is 2. The smallest absolute Gasteiger partial charge is 0.315 e. The number of methoxy groups -OCH3 is 1. The molecule has 0 bridgehead atoms. The molecule has 2 rings (SSSR count). The zero-order valence-corrected chi connectivity index (χ0v) is 14.0. The lowest BCUT2D eigenvalue weighted by Gasteiger charge is -2.15. The summed E-state index contributed by atoms with van der Waals surface area (Å²) in [7, 11) is 1.58. The van der Waals surface area contributed by atoms with Crippen molar-refractivity contribution in [2.45, 2.75) is 33.4 Å². The molecule has 0 aliphatic carbocycles. The maximum atomic E-state index is 12.0. The molecule has 0 saturated carbocycles. The fraction of sp³-hybridized carbons (Fsp3) is 0.400. The first-order valence-electron chi connectivity index (χ1n) is 6.96. The van der Waals surface area contributed by atoms with E-state index in [1.807, 2.05) is 32.2 Å². The van der Waals surface area contributed by atoms with Gasteiger partial charge in [-0.1, -0.05) is 0 Å². The summed E-state index contributed by atoms with van der Waals surface area (Å²) in [6.45, 7) is 6.15. The lowest BCUT2D eigenvalue weighted by atomic mass is 10.1. The summed E-state index contributed by atoms with van der Waals surface area (Å²) in [4.78, 5) is 20.5. The van der Waals surface area contributed by atoms with Gasteiger partial charge in [-0.3, -0.25) is 0 Å². The first-order valence-corrected chi connectivity index (χ1v) is 7.84. The fourth-order valence-electron chi connectivity index (χ4n) is 2.14. The molecule has 2 heterocycles. The predicted molar refractivity (Wildman–Crippen MR) is 86.2 cm³/mol. The molecule has 2 aromatic rings. The molecule has 0 saturated heterocycles. The van der Waals surface area contributed by atoms with Crippen molar-refractivity contribution >= 4 is 17.4 Å². The molecular weight excluding hydrogens is 300 g/mol. The number of carbonyl (C=O) groups is 1. The minimum Gasteiger partial charge on any atom is -0.481 e. The molecule has 6 nitrogen and oxygen atoms in total. The van der Waals surface area contributed by atoms with E-state index in [0.29, 0.717) is 12.4 Å². The standard InChI is InChI=1S/C15H20N4O2S/c1-9-7-10(2)18-13(21-4)12(9)8-17-15(20)19-11(3)14-16-5-6-22-14/h5-7,11H,8H2,1-4H3,(H2,17,19,20)/t11-/m1/s1. The maximum Gasteiger partial charge on any atom is 0.315 e. The number of hydrogen-bond donors (Lipinski definition) is 2. The van der Waals surface area contributed by atoms with Crippen molar-refractivity contribution in [2.75, 3.05) is 7.11 Å². The van der Waals surface area contributed by atoms with E-state index in [1.165, 1.54) is 11.3 Å². The summed E-state index contributed by atoms with van der Waals surface area (Å²) in [5.41, 5.74) is 2.81. The summed E-state index contributed by atoms with van der Waals surface area (Å²) < 4.78 is 5.29. The summed E-state index contributed by atoms with van der Waals surface area (Å²) in [5.74, 6) is 0.547. The first kappa shape index (κ1) is 16.2. The second kappa shape index (κ2) is 7.22. The molecule has 2 aromatic heterocycles. The van der Waals surface area contributed by atoms with Crippen LogP contribution in [0.1, 0.15) is 34.8 Å². The van der Waals surface area contributed by atoms with E-state index in [0.717, 1.165) is 21.8 Å². The van der Waals surface area contributed by atoms with Gasteiger partial charge in [0.1, 0.15) is 5.01 Å². The van der Waals surface area contributed by atoms with Gasteiger partial charge < -0.3 is 15.4 Å². The van der Waals surface area contributed by atoms with Crippen molar-refractivity contribution < 1.29 is 9.53 Å². The van der Waals surface area contributed by atoms with Crippen LogP contribution in [0.5, 0.6) is 5.88 Å². The number of hydrogen-bond acceptors (Lipinski definition) is 5. The third-order valence-corrected chi connectivity index (χ3v) is 4.18. The summed E-state index contributed by atoms with van der Waals surface area (Å²) in [6, 6.07) is 1.60. The normalized spacial score (nSPS) is 11.8. The van der Waals surface area contributed by atoms with E-state index >= 15 is 0 Å². The number of thiazole rings is 1. The number of amides is 2. The van der Waals surface area contributed by atoms with Crippen LogP contribution >= 0.6 is 11.3 Å². The summed E-state index contributed by atoms with van der Waals surface area (Å²) in [6.07, 6.45) is 1.72. The minimum absolute atomic E-state index is 0.126. The Morgan fingerprint density at radius 1 is 1.45 bits per heavy atom. The molecule has 0 aromatic carbocycles. The lowest BCUT2D eigenvalue weighted by molar-refractivity contribution is 0.237. The van der Waals surface area contributed by atoms with Gasteiger partial charge in [-0.15, -0.1) is 11.3 Å². The zero-order valence-electron chi connectivity index (χ0n) is 13.1. The van der Waals surface area contributed by atoms with Gasteiger partial charge >= 0.3 is 6.03 Å². The topological polar surface area (TPSA) is 76.1 Å². The van der Waals surface area contributed by atoms with Crippen molar-refractivity contribution in [1.29, 1.82) is 0 Å². The Bertz CT molecular complexity index is 643. The molecule has 0 radical (unpaired) electrons. The number of ether oxygens (including phenoxy) is 1. The van der Waals surface area contributed by atoms with Crippen LogP contribution in [-0.2, 0) is 6.54 Å². The molecule has 0 spiro atoms. The van der Waals surface area contributed by atoms with Crippen LogP contribution in [0.3, 0.4) is 0 Å². The molecule has 0 aliphatic rings. The van der Waals surface area contributed by atoms with Gasteiger partial charge in [0.15, 0.2) is 0 Å². The third-order valence-electron chi connectivity index (χ3n) is 3.23. The van der Waals surface area contributed by atoms with Crippen molar-refractivity contribution in [3.8, 4) is 5.88 Å². The third kappa shape index (κ3) is 3.94. The number of urea groups is 1. The van der Waals surface area contributed by atoms with Crippen LogP contribution < -0.4 is 15.4 Å². The molecule has 0 unspecified atom stereocenters. The molecule has 0 aliphatic heterocycles. The number of pyridine rings is 1. The van der Waals surface area contributed by atoms with E-state index in [4.69, 9.17) is 4.74 Å². The van der Waals surface area contributed by atoms with Gasteiger partial charge in [-0.2, -0.15) is 0 Å². The van der Waals surface area contributed by atoms with Crippen LogP contribution in [0.2, 0.25) is 0 Å². The number of rotatable bonds is 5. The number of aryl methyl sites for hydroxylation is 2. The Labute approximate surface area is 133 Å². The second-order valence-corrected chi connectivity index (χ2v) is 5.91. The van der Waals surface area contributed by atoms with Crippen LogP contribution in [-0.4, -0.2) is 23.1 Å². The van der Waals surface area contributed by atoms with Crippen LogP contribution in [0.25, 0.3) is 0 Å². The molecule has 2 N–H and O–H groups in total. The van der Waals surface area contributed by atoms with E-state index < -0.39 is 0 Å². The molecule has 2 amide bonds. The Morgan fingerprint density at radius 2 is 2.23 bits per heavy atom. The minimum atomic E-state index is -0.246. The Kier molecular flexibility index (Phi) is 5.32. The van der Waals surface area contributed by atoms with Gasteiger partial charge in [-0.25, -0.2) is 14.8 Å². The summed E-state index contributed by atoms with van der Waals surface area (Å²) in [5, 5.41) is 8.45. The number of aromatic nitrogens is 2. The first-order chi connectivity index (χ1) is 10.5. The number of nitrogens with zero attached hydrogens (tertiary/aromatic N) is 2. The van der Waals surface area contributed by atoms with Crippen molar-refractivity contribution in [3.63, 3.8) is 0 Å². The van der Waals surface area contributed by atoms with Crippen molar-refractivity contribution in [2.24, 2.45) is 0 Å². The van der Waals surface area contributed by atoms with Crippen molar-refractivity contribution in [3.05, 3.63) is 39.5 Å². The second-order valence-electron chi connectivity index (χ2n) is 4.99. The van der Waals surface area contributed by atoms with Crippen LogP contribution in [0.4, 0.5) is 4.79 Å². The maximum absolute atomic E-state index is 12.0. The number of carbonyl (C=O) groups excluding carboxylic acids is 1. The largest absolute Gasteiger partial charge is 0.481 e. The van der Waals surface area contributed by atoms with E-state index in [2.05, 4.69) is 20.6 Å². The lowest BCUT2D eigenvalue weighted by Crippen LogP contribution is -2.36. The van der Waals surface area contributed by atoms with Gasteiger partial charge in [0.25, 0.3) is 0 Å². The molecule has 7 heteroatoms. The highest BCUT2D eigenvalue weighted by atomic mass is 32.1. The highest BCUT2D eigenvalue weighted by molar-refractivity contribution is 7.09. The average Bonchev–Trinajstić information content (AvgIpc) is 2.99. The quantitative estimate of drug-likeness (QED) is 0.888. The summed E-state index contributed by atoms with van der Waals surface area (Å²) >= 11 is 1.51. The SMILES string of the molecule is COc1nc(C)cc(C)c1CNC(=O)N[C@H](C)c1nccs1. The Morgan fingerprint density at radius 3 is 2.86 bits per heavy atom. The van der Waals surface area contributed by atoms with E-state index in [-0.39, 0.29) is 12.1 Å². The zero-order chi connectivity index (χ0) is 16.1. The van der Waals surface area contributed by atoms with E-state index in [9.17, 15) is 4.79 Å². The highest BCUT2D eigenvalue weighted by Gasteiger charge is 2.14. The van der Waals surface area contributed by atoms with Crippen LogP contribution in [0.15, 0.2) is 17.6 Å². The van der Waals surface area contributed by atoms with Crippen molar-refractivity contribution in [1.82, 2.24) is 20.6 Å².